The van der Waals surface area contributed by atoms with Gasteiger partial charge in [0.15, 0.2) is 11.5 Å². The summed E-state index contributed by atoms with van der Waals surface area (Å²) in [6.45, 7) is 1.70. The highest BCUT2D eigenvalue weighted by atomic mass is 32.1. The molecule has 3 aromatic heterocycles. The highest BCUT2D eigenvalue weighted by molar-refractivity contribution is 7.13. The van der Waals surface area contributed by atoms with Gasteiger partial charge in [0.05, 0.1) is 6.54 Å². The van der Waals surface area contributed by atoms with Gasteiger partial charge in [-0.3, -0.25) is 19.9 Å². The predicted octanol–water partition coefficient (Wildman–Crippen LogP) is 3.25. The lowest BCUT2D eigenvalue weighted by molar-refractivity contribution is -0.140. The number of thiazole rings is 1. The second-order valence-electron chi connectivity index (χ2n) is 8.23. The summed E-state index contributed by atoms with van der Waals surface area (Å²) in [4.78, 5) is 48.4. The lowest BCUT2D eigenvalue weighted by Gasteiger charge is -2.12. The van der Waals surface area contributed by atoms with E-state index in [0.717, 1.165) is 16.7 Å². The summed E-state index contributed by atoms with van der Waals surface area (Å²) >= 11 is 0.760. The van der Waals surface area contributed by atoms with Crippen molar-refractivity contribution in [2.75, 3.05) is 18.4 Å². The van der Waals surface area contributed by atoms with Crippen molar-refractivity contribution < 1.29 is 32.7 Å². The van der Waals surface area contributed by atoms with Crippen molar-refractivity contribution in [1.82, 2.24) is 25.6 Å². The summed E-state index contributed by atoms with van der Waals surface area (Å²) in [5.41, 5.74) is -1.45. The molecule has 0 unspecified atom stereocenters. The molecule has 1 saturated carbocycles. The normalized spacial score (nSPS) is 14.1. The maximum Gasteiger partial charge on any atom is 0.434 e. The monoisotopic (exact) mass is 534 g/mol. The minimum atomic E-state index is -4.64. The maximum absolute atomic E-state index is 13.2. The van der Waals surface area contributed by atoms with E-state index in [-0.39, 0.29) is 28.5 Å². The fourth-order valence-corrected chi connectivity index (χ4v) is 4.15. The topological polar surface area (TPSA) is 146 Å². The average molecular weight is 535 g/mol. The number of anilines is 1. The number of aliphatic hydroxyl groups is 1. The zero-order valence-corrected chi connectivity index (χ0v) is 20.2. The van der Waals surface area contributed by atoms with Gasteiger partial charge < -0.3 is 15.7 Å². The van der Waals surface area contributed by atoms with Crippen LogP contribution in [0.4, 0.5) is 23.8 Å². The van der Waals surface area contributed by atoms with Crippen LogP contribution >= 0.6 is 11.3 Å². The molecule has 14 heteroatoms. The van der Waals surface area contributed by atoms with Gasteiger partial charge in [-0.15, -0.1) is 11.3 Å². The van der Waals surface area contributed by atoms with Gasteiger partial charge in [-0.05, 0) is 31.9 Å². The van der Waals surface area contributed by atoms with Crippen molar-refractivity contribution >= 4 is 34.9 Å². The number of carbonyl (C=O) groups excluding carboxylic acids is 3. The number of aromatic nitrogens is 3. The number of alkyl halides is 3. The molecule has 3 amide bonds. The number of amides is 3. The van der Waals surface area contributed by atoms with Crippen LogP contribution in [-0.2, 0) is 11.0 Å². The van der Waals surface area contributed by atoms with Crippen molar-refractivity contribution in [3.8, 4) is 21.7 Å². The van der Waals surface area contributed by atoms with E-state index in [1.807, 2.05) is 0 Å². The van der Waals surface area contributed by atoms with E-state index < -0.39 is 35.2 Å². The molecule has 3 heterocycles. The number of nitrogens with zero attached hydrogens (tertiary/aromatic N) is 3. The van der Waals surface area contributed by atoms with Gasteiger partial charge in [-0.1, -0.05) is 0 Å². The average Bonchev–Trinajstić information content (AvgIpc) is 3.40. The largest absolute Gasteiger partial charge is 0.434 e. The lowest BCUT2D eigenvalue weighted by atomic mass is 10.0. The van der Waals surface area contributed by atoms with Crippen LogP contribution in [0.2, 0.25) is 0 Å². The van der Waals surface area contributed by atoms with E-state index >= 15 is 0 Å². The number of pyridine rings is 2. The first-order valence-corrected chi connectivity index (χ1v) is 12.0. The highest BCUT2D eigenvalue weighted by Gasteiger charge is 2.48. The van der Waals surface area contributed by atoms with Crippen molar-refractivity contribution in [3.63, 3.8) is 0 Å². The standard InChI is InChI=1S/C23H21F3N6O4S/c1-2-28-21(35)32-18-6-14(19-31-17(11-37-19)23(24,25)26)15(9-29-18)12-5-13(8-27-7-12)16(33)10-30-20(34)22(36)3-4-22/h5-9,11,36H,2-4,10H2,1H3,(H,30,34)(H2,28,29,32,35). The van der Waals surface area contributed by atoms with Gasteiger partial charge in [-0.25, -0.2) is 14.8 Å². The predicted molar refractivity (Wildman–Crippen MR) is 128 cm³/mol. The number of Topliss-reactive ketones (excluding diaryl/α,β-unsaturated/α-hetero) is 1. The van der Waals surface area contributed by atoms with Crippen molar-refractivity contribution in [3.05, 3.63) is 47.4 Å². The first-order valence-electron chi connectivity index (χ1n) is 11.1. The van der Waals surface area contributed by atoms with Gasteiger partial charge in [0, 0.05) is 52.8 Å². The Balaban J connectivity index is 1.66. The molecule has 194 valence electrons. The number of carbonyl (C=O) groups is 3. The Morgan fingerprint density at radius 2 is 1.86 bits per heavy atom. The van der Waals surface area contributed by atoms with Crippen molar-refractivity contribution in [1.29, 1.82) is 0 Å². The second-order valence-corrected chi connectivity index (χ2v) is 9.09. The summed E-state index contributed by atoms with van der Waals surface area (Å²) in [5, 5.41) is 18.2. The Labute approximate surface area is 212 Å². The van der Waals surface area contributed by atoms with Crippen molar-refractivity contribution in [2.45, 2.75) is 31.5 Å². The van der Waals surface area contributed by atoms with Crippen molar-refractivity contribution in [2.24, 2.45) is 0 Å². The quantitative estimate of drug-likeness (QED) is 0.325. The van der Waals surface area contributed by atoms with E-state index in [1.54, 1.807) is 6.92 Å². The smallest absolute Gasteiger partial charge is 0.380 e. The Morgan fingerprint density at radius 3 is 2.51 bits per heavy atom. The fourth-order valence-electron chi connectivity index (χ4n) is 3.29. The molecule has 0 aliphatic heterocycles. The van der Waals surface area contributed by atoms with E-state index in [2.05, 4.69) is 30.9 Å². The van der Waals surface area contributed by atoms with Crippen LogP contribution in [0.25, 0.3) is 21.7 Å². The molecule has 37 heavy (non-hydrogen) atoms. The fraction of sp³-hybridized carbons (Fsp3) is 0.304. The second kappa shape index (κ2) is 10.2. The molecule has 4 rings (SSSR count). The lowest BCUT2D eigenvalue weighted by Crippen LogP contribution is -2.39. The van der Waals surface area contributed by atoms with Crippen LogP contribution < -0.4 is 16.0 Å². The molecule has 1 aliphatic rings. The number of nitrogens with one attached hydrogen (secondary N) is 3. The molecule has 0 saturated heterocycles. The number of urea groups is 1. The zero-order chi connectivity index (χ0) is 26.8. The van der Waals surface area contributed by atoms with Gasteiger partial charge in [0.25, 0.3) is 5.91 Å². The van der Waals surface area contributed by atoms with E-state index in [1.165, 1.54) is 30.7 Å². The van der Waals surface area contributed by atoms with Gasteiger partial charge in [0.2, 0.25) is 0 Å². The number of ketones is 1. The number of rotatable bonds is 8. The highest BCUT2D eigenvalue weighted by Crippen LogP contribution is 2.38. The third-order valence-electron chi connectivity index (χ3n) is 5.43. The Hall–Kier alpha value is -3.91. The molecule has 1 fully saturated rings. The SMILES string of the molecule is CCNC(=O)Nc1cc(-c2nc(C(F)(F)F)cs2)c(-c2cncc(C(=O)CNC(=O)C3(O)CC3)c2)cn1. The Bertz CT molecular complexity index is 1360. The molecular formula is C23H21F3N6O4S. The summed E-state index contributed by atoms with van der Waals surface area (Å²) in [6.07, 6.45) is 0.0391. The summed E-state index contributed by atoms with van der Waals surface area (Å²) in [5.74, 6) is -1.03. The zero-order valence-electron chi connectivity index (χ0n) is 19.3. The third kappa shape index (κ3) is 6.09. The van der Waals surface area contributed by atoms with E-state index in [9.17, 15) is 32.7 Å². The van der Waals surface area contributed by atoms with Gasteiger partial charge >= 0.3 is 12.2 Å². The number of halogens is 3. The van der Waals surface area contributed by atoms with Crippen LogP contribution in [0.1, 0.15) is 35.8 Å². The van der Waals surface area contributed by atoms with E-state index in [4.69, 9.17) is 0 Å². The summed E-state index contributed by atoms with van der Waals surface area (Å²) in [7, 11) is 0. The molecule has 0 aromatic carbocycles. The van der Waals surface area contributed by atoms with Gasteiger partial charge in [-0.2, -0.15) is 13.2 Å². The molecular weight excluding hydrogens is 513 g/mol. The summed E-state index contributed by atoms with van der Waals surface area (Å²) in [6, 6.07) is 2.30. The Kier molecular flexibility index (Phi) is 7.23. The molecule has 4 N–H and O–H groups in total. The molecule has 0 radical (unpaired) electrons. The van der Waals surface area contributed by atoms with Crippen LogP contribution in [-0.4, -0.2) is 56.5 Å². The number of hydrogen-bond donors (Lipinski definition) is 4. The first kappa shape index (κ1) is 26.2. The molecule has 0 atom stereocenters. The summed E-state index contributed by atoms with van der Waals surface area (Å²) < 4.78 is 39.6. The minimum absolute atomic E-state index is 0.0188. The van der Waals surface area contributed by atoms with Crippen LogP contribution in [0.3, 0.4) is 0 Å². The maximum atomic E-state index is 13.2. The van der Waals surface area contributed by atoms with E-state index in [0.29, 0.717) is 30.5 Å². The number of hydrogen-bond acceptors (Lipinski definition) is 8. The molecule has 1 aliphatic carbocycles. The molecule has 0 spiro atoms. The van der Waals surface area contributed by atoms with Gasteiger partial charge in [0.1, 0.15) is 16.4 Å². The van der Waals surface area contributed by atoms with Crippen LogP contribution in [0, 0.1) is 0 Å². The molecule has 0 bridgehead atoms. The van der Waals surface area contributed by atoms with Crippen LogP contribution in [0.15, 0.2) is 36.1 Å². The molecule has 10 nitrogen and oxygen atoms in total. The first-order chi connectivity index (χ1) is 17.5. The Morgan fingerprint density at radius 1 is 1.11 bits per heavy atom. The molecule has 3 aromatic rings. The minimum Gasteiger partial charge on any atom is -0.380 e. The third-order valence-corrected chi connectivity index (χ3v) is 6.31. The van der Waals surface area contributed by atoms with Crippen LogP contribution in [0.5, 0.6) is 0 Å².